The molecule has 0 fully saturated rings. The van der Waals surface area contributed by atoms with Gasteiger partial charge in [0.25, 0.3) is 0 Å². The lowest BCUT2D eigenvalue weighted by Gasteiger charge is -2.10. The number of hydrogen-bond acceptors (Lipinski definition) is 4. The lowest BCUT2D eigenvalue weighted by molar-refractivity contribution is 1.20. The van der Waals surface area contributed by atoms with Crippen LogP contribution in [0.5, 0.6) is 0 Å². The Labute approximate surface area is 254 Å². The minimum Gasteiger partial charge on any atom is -0.308 e. The molecule has 9 rings (SSSR count). The molecule has 0 N–H and O–H groups in total. The Morgan fingerprint density at radius 1 is 0.512 bits per heavy atom. The van der Waals surface area contributed by atoms with Crippen molar-refractivity contribution >= 4 is 84.8 Å². The van der Waals surface area contributed by atoms with Crippen LogP contribution in [0.1, 0.15) is 11.1 Å². The zero-order valence-corrected chi connectivity index (χ0v) is 24.3. The molecule has 0 saturated carbocycles. The largest absolute Gasteiger partial charge is 0.308 e. The highest BCUT2D eigenvalue weighted by molar-refractivity contribution is 7.27. The molecule has 3 heterocycles. The quantitative estimate of drug-likeness (QED) is 0.204. The van der Waals surface area contributed by atoms with Crippen LogP contribution in [0.3, 0.4) is 0 Å². The molecular formula is C38H19N3S2. The van der Waals surface area contributed by atoms with Gasteiger partial charge < -0.3 is 4.57 Å². The molecule has 6 aromatic carbocycles. The van der Waals surface area contributed by atoms with Crippen LogP contribution in [-0.4, -0.2) is 4.57 Å². The summed E-state index contributed by atoms with van der Waals surface area (Å²) in [5, 5.41) is 26.8. The van der Waals surface area contributed by atoms with Gasteiger partial charge in [0.05, 0.1) is 43.3 Å². The molecule has 3 aromatic heterocycles. The van der Waals surface area contributed by atoms with Crippen molar-refractivity contribution in [3.8, 4) is 29.0 Å². The van der Waals surface area contributed by atoms with Gasteiger partial charge >= 0.3 is 0 Å². The molecule has 43 heavy (non-hydrogen) atoms. The third kappa shape index (κ3) is 3.32. The first-order valence-electron chi connectivity index (χ1n) is 14.0. The first kappa shape index (κ1) is 24.2. The van der Waals surface area contributed by atoms with Crippen molar-refractivity contribution in [1.82, 2.24) is 4.57 Å². The highest BCUT2D eigenvalue weighted by Crippen LogP contribution is 2.48. The number of benzene rings is 6. The van der Waals surface area contributed by atoms with Crippen LogP contribution in [0.4, 0.5) is 0 Å². The fraction of sp³-hybridized carbons (Fsp3) is 0. The highest BCUT2D eigenvalue weighted by Gasteiger charge is 2.21. The molecule has 0 amide bonds. The zero-order chi connectivity index (χ0) is 28.7. The lowest BCUT2D eigenvalue weighted by Crippen LogP contribution is -1.93. The maximum atomic E-state index is 10.2. The summed E-state index contributed by atoms with van der Waals surface area (Å²) in [6, 6.07) is 44.8. The van der Waals surface area contributed by atoms with Crippen LogP contribution in [0.2, 0.25) is 0 Å². The van der Waals surface area contributed by atoms with E-state index in [2.05, 4.69) is 102 Å². The second-order valence-electron chi connectivity index (χ2n) is 10.7. The molecule has 198 valence electrons. The fourth-order valence-corrected chi connectivity index (χ4v) is 9.16. The van der Waals surface area contributed by atoms with Crippen molar-refractivity contribution in [2.75, 3.05) is 0 Å². The van der Waals surface area contributed by atoms with Crippen LogP contribution < -0.4 is 0 Å². The monoisotopic (exact) mass is 581 g/mol. The predicted molar refractivity (Wildman–Crippen MR) is 181 cm³/mol. The summed E-state index contributed by atoms with van der Waals surface area (Å²) in [5.74, 6) is 0. The van der Waals surface area contributed by atoms with Crippen LogP contribution in [0.15, 0.2) is 115 Å². The molecule has 0 aliphatic heterocycles. The molecule has 5 heteroatoms. The first-order valence-corrected chi connectivity index (χ1v) is 15.6. The maximum Gasteiger partial charge on any atom is 0.101 e. The van der Waals surface area contributed by atoms with Gasteiger partial charge in [0, 0.05) is 47.3 Å². The second kappa shape index (κ2) is 9.02. The highest BCUT2D eigenvalue weighted by atomic mass is 32.1. The average Bonchev–Trinajstić information content (AvgIpc) is 3.74. The summed E-state index contributed by atoms with van der Waals surface area (Å²) in [5.41, 5.74) is 6.90. The summed E-state index contributed by atoms with van der Waals surface area (Å²) in [4.78, 5) is 0. The Kier molecular flexibility index (Phi) is 5.07. The maximum absolute atomic E-state index is 10.2. The molecule has 0 aliphatic rings. The van der Waals surface area contributed by atoms with Crippen LogP contribution >= 0.6 is 22.7 Å². The molecule has 0 atom stereocenters. The Morgan fingerprint density at radius 2 is 1.28 bits per heavy atom. The molecule has 0 unspecified atom stereocenters. The molecule has 0 aliphatic carbocycles. The van der Waals surface area contributed by atoms with E-state index in [9.17, 15) is 10.5 Å². The number of thiophene rings is 2. The van der Waals surface area contributed by atoms with Crippen molar-refractivity contribution in [2.45, 2.75) is 0 Å². The summed E-state index contributed by atoms with van der Waals surface area (Å²) in [6.07, 6.45) is 0. The number of fused-ring (bicyclic) bond motifs is 9. The van der Waals surface area contributed by atoms with Crippen molar-refractivity contribution in [1.29, 1.82) is 10.5 Å². The number of para-hydroxylation sites is 1. The first-order chi connectivity index (χ1) is 21.2. The average molecular weight is 582 g/mol. The third-order valence-electron chi connectivity index (χ3n) is 8.48. The van der Waals surface area contributed by atoms with E-state index in [4.69, 9.17) is 0 Å². The van der Waals surface area contributed by atoms with Crippen molar-refractivity contribution in [3.63, 3.8) is 0 Å². The lowest BCUT2D eigenvalue weighted by atomic mass is 9.96. The Hall–Kier alpha value is -5.46. The van der Waals surface area contributed by atoms with E-state index in [1.165, 1.54) is 25.7 Å². The summed E-state index contributed by atoms with van der Waals surface area (Å²) >= 11 is 3.52. The molecular weight excluding hydrogens is 563 g/mol. The molecule has 3 nitrogen and oxygen atoms in total. The van der Waals surface area contributed by atoms with E-state index < -0.39 is 0 Å². The second-order valence-corrected chi connectivity index (χ2v) is 12.8. The van der Waals surface area contributed by atoms with Crippen molar-refractivity contribution in [2.24, 2.45) is 0 Å². The standard InChI is InChI=1S/C38H19N3S2/c39-20-22-15-18-32-30(19-22)24-7-1-3-12-31(24)41(32)33-13-6-11-29-35-26(17-16-23(21-40)36(35)43-38(29)33)28-10-5-9-27-25-8-2-4-14-34(25)42-37(27)28/h1-19H. The van der Waals surface area contributed by atoms with Gasteiger partial charge in [-0.05, 0) is 48.0 Å². The van der Waals surface area contributed by atoms with E-state index in [0.717, 1.165) is 53.2 Å². The van der Waals surface area contributed by atoms with Crippen LogP contribution in [-0.2, 0) is 0 Å². The normalized spacial score (nSPS) is 11.7. The number of nitriles is 2. The third-order valence-corrected chi connectivity index (χ3v) is 11.0. The molecule has 0 radical (unpaired) electrons. The van der Waals surface area contributed by atoms with Crippen molar-refractivity contribution in [3.05, 3.63) is 126 Å². The fourth-order valence-electron chi connectivity index (χ4n) is 6.64. The Balaban J connectivity index is 1.40. The number of aromatic nitrogens is 1. The van der Waals surface area contributed by atoms with Crippen LogP contribution in [0, 0.1) is 22.7 Å². The van der Waals surface area contributed by atoms with Gasteiger partial charge in [-0.1, -0.05) is 72.8 Å². The van der Waals surface area contributed by atoms with E-state index in [0.29, 0.717) is 11.1 Å². The summed E-state index contributed by atoms with van der Waals surface area (Å²) < 4.78 is 6.99. The van der Waals surface area contributed by atoms with Gasteiger partial charge in [0.15, 0.2) is 0 Å². The van der Waals surface area contributed by atoms with Gasteiger partial charge in [-0.15, -0.1) is 22.7 Å². The van der Waals surface area contributed by atoms with E-state index in [1.807, 2.05) is 41.7 Å². The van der Waals surface area contributed by atoms with Gasteiger partial charge in [-0.3, -0.25) is 0 Å². The molecule has 0 saturated heterocycles. The Morgan fingerprint density at radius 3 is 2.16 bits per heavy atom. The van der Waals surface area contributed by atoms with Gasteiger partial charge in [0.2, 0.25) is 0 Å². The van der Waals surface area contributed by atoms with Gasteiger partial charge in [0.1, 0.15) is 6.07 Å². The van der Waals surface area contributed by atoms with E-state index in [-0.39, 0.29) is 0 Å². The minimum atomic E-state index is 0.647. The molecule has 0 spiro atoms. The zero-order valence-electron chi connectivity index (χ0n) is 22.6. The molecule has 9 aromatic rings. The molecule has 0 bridgehead atoms. The van der Waals surface area contributed by atoms with Crippen molar-refractivity contribution < 1.29 is 0 Å². The Bertz CT molecular complexity index is 2710. The van der Waals surface area contributed by atoms with Gasteiger partial charge in [-0.2, -0.15) is 10.5 Å². The smallest absolute Gasteiger partial charge is 0.101 e. The number of nitrogens with zero attached hydrogens (tertiary/aromatic N) is 3. The SMILES string of the molecule is N#Cc1ccc2c(c1)c1ccccc1n2-c1cccc2c1sc1c(C#N)ccc(-c3cccc4c3sc3ccccc34)c12. The number of hydrogen-bond donors (Lipinski definition) is 0. The predicted octanol–water partition coefficient (Wildman–Crippen LogP) is 10.9. The topological polar surface area (TPSA) is 52.5 Å². The summed E-state index contributed by atoms with van der Waals surface area (Å²) in [6.45, 7) is 0. The minimum absolute atomic E-state index is 0.647. The van der Waals surface area contributed by atoms with E-state index in [1.54, 1.807) is 11.3 Å². The van der Waals surface area contributed by atoms with E-state index >= 15 is 0 Å². The van der Waals surface area contributed by atoms with Gasteiger partial charge in [-0.25, -0.2) is 0 Å². The summed E-state index contributed by atoms with van der Waals surface area (Å²) in [7, 11) is 0. The number of rotatable bonds is 2. The van der Waals surface area contributed by atoms with Crippen LogP contribution in [0.25, 0.3) is 79.0 Å².